The molecule has 0 aliphatic carbocycles. The number of hydrogen-bond acceptors (Lipinski definition) is 5. The number of esters is 1. The summed E-state index contributed by atoms with van der Waals surface area (Å²) in [6.07, 6.45) is 0.961. The zero-order chi connectivity index (χ0) is 21.2. The molecule has 158 valence electrons. The highest BCUT2D eigenvalue weighted by molar-refractivity contribution is 5.90. The maximum atomic E-state index is 11.7. The van der Waals surface area contributed by atoms with Gasteiger partial charge in [-0.3, -0.25) is 0 Å². The minimum absolute atomic E-state index is 0.335. The number of carbonyl (C=O) groups excluding carboxylic acids is 1. The fourth-order valence-electron chi connectivity index (χ4n) is 2.94. The Balaban J connectivity index is 1.91. The van der Waals surface area contributed by atoms with Crippen LogP contribution in [0.1, 0.15) is 53.6 Å². The molecule has 1 unspecified atom stereocenters. The molecule has 29 heavy (non-hydrogen) atoms. The van der Waals surface area contributed by atoms with Gasteiger partial charge in [-0.25, -0.2) is 9.79 Å². The fourth-order valence-corrected chi connectivity index (χ4v) is 2.94. The molecule has 0 saturated heterocycles. The predicted molar refractivity (Wildman–Crippen MR) is 114 cm³/mol. The largest absolute Gasteiger partial charge is 0.497 e. The van der Waals surface area contributed by atoms with Crippen molar-refractivity contribution >= 4 is 11.9 Å². The third kappa shape index (κ3) is 6.55. The van der Waals surface area contributed by atoms with E-state index in [2.05, 4.69) is 34.7 Å². The molecule has 0 aliphatic rings. The summed E-state index contributed by atoms with van der Waals surface area (Å²) in [5.74, 6) is 2.73. The molecule has 1 aromatic carbocycles. The first-order chi connectivity index (χ1) is 14.0. The van der Waals surface area contributed by atoms with Gasteiger partial charge in [0.2, 0.25) is 0 Å². The van der Waals surface area contributed by atoms with Gasteiger partial charge in [-0.05, 0) is 49.9 Å². The van der Waals surface area contributed by atoms with Crippen LogP contribution in [0.5, 0.6) is 5.75 Å². The highest BCUT2D eigenvalue weighted by Gasteiger charge is 2.15. The first-order valence-electron chi connectivity index (χ1n) is 9.82. The second-order valence-electron chi connectivity index (χ2n) is 6.76. The highest BCUT2D eigenvalue weighted by atomic mass is 16.5. The summed E-state index contributed by atoms with van der Waals surface area (Å²) < 4.78 is 15.6. The predicted octanol–water partition coefficient (Wildman–Crippen LogP) is 3.63. The summed E-state index contributed by atoms with van der Waals surface area (Å²) in [4.78, 5) is 16.2. The van der Waals surface area contributed by atoms with Gasteiger partial charge in [0.15, 0.2) is 5.96 Å². The number of guanidine groups is 1. The van der Waals surface area contributed by atoms with Crippen LogP contribution in [0.25, 0.3) is 0 Å². The standard InChI is InChI=1S/C22H31N3O4/c1-6-23-22(25-14-19-13-20(16(3)29-19)21(26)28-5)24-12-11-15(2)17-7-9-18(27-4)10-8-17/h7-10,13,15H,6,11-12,14H2,1-5H3,(H2,23,24,25). The van der Waals surface area contributed by atoms with Crippen LogP contribution in [0.15, 0.2) is 39.7 Å². The topological polar surface area (TPSA) is 85.1 Å². The minimum Gasteiger partial charge on any atom is -0.497 e. The Morgan fingerprint density at radius 2 is 1.93 bits per heavy atom. The van der Waals surface area contributed by atoms with Crippen LogP contribution < -0.4 is 15.4 Å². The van der Waals surface area contributed by atoms with E-state index in [4.69, 9.17) is 13.9 Å². The average molecular weight is 402 g/mol. The Kier molecular flexibility index (Phi) is 8.58. The minimum atomic E-state index is -0.404. The van der Waals surface area contributed by atoms with Gasteiger partial charge in [0.25, 0.3) is 0 Å². The third-order valence-corrected chi connectivity index (χ3v) is 4.67. The number of ether oxygens (including phenoxy) is 2. The average Bonchev–Trinajstić information content (AvgIpc) is 3.11. The van der Waals surface area contributed by atoms with Crippen LogP contribution in [0.3, 0.4) is 0 Å². The molecule has 0 radical (unpaired) electrons. The van der Waals surface area contributed by atoms with Crippen molar-refractivity contribution in [3.63, 3.8) is 0 Å². The van der Waals surface area contributed by atoms with E-state index in [9.17, 15) is 4.79 Å². The smallest absolute Gasteiger partial charge is 0.341 e. The van der Waals surface area contributed by atoms with Crippen LogP contribution >= 0.6 is 0 Å². The van der Waals surface area contributed by atoms with Gasteiger partial charge in [0, 0.05) is 13.1 Å². The van der Waals surface area contributed by atoms with Crippen molar-refractivity contribution < 1.29 is 18.7 Å². The SMILES string of the molecule is CCNC(=NCc1cc(C(=O)OC)c(C)o1)NCCC(C)c1ccc(OC)cc1. The summed E-state index contributed by atoms with van der Waals surface area (Å²) in [5, 5.41) is 6.58. The van der Waals surface area contributed by atoms with Crippen LogP contribution in [-0.4, -0.2) is 39.2 Å². The quantitative estimate of drug-likeness (QED) is 0.379. The van der Waals surface area contributed by atoms with Crippen molar-refractivity contribution in [3.8, 4) is 5.75 Å². The number of hydrogen-bond donors (Lipinski definition) is 2. The van der Waals surface area contributed by atoms with Crippen LogP contribution in [0.4, 0.5) is 0 Å². The monoisotopic (exact) mass is 401 g/mol. The summed E-state index contributed by atoms with van der Waals surface area (Å²) in [6.45, 7) is 7.83. The molecule has 0 fully saturated rings. The van der Waals surface area contributed by atoms with Crippen LogP contribution in [0.2, 0.25) is 0 Å². The van der Waals surface area contributed by atoms with E-state index in [1.165, 1.54) is 12.7 Å². The number of nitrogens with one attached hydrogen (secondary N) is 2. The number of nitrogens with zero attached hydrogens (tertiary/aromatic N) is 1. The molecule has 0 amide bonds. The Bertz CT molecular complexity index is 812. The van der Waals surface area contributed by atoms with Crippen molar-refractivity contribution in [2.24, 2.45) is 4.99 Å². The Morgan fingerprint density at radius 1 is 1.21 bits per heavy atom. The molecule has 7 nitrogen and oxygen atoms in total. The van der Waals surface area contributed by atoms with Crippen LogP contribution in [0, 0.1) is 6.92 Å². The van der Waals surface area contributed by atoms with E-state index < -0.39 is 5.97 Å². The highest BCUT2D eigenvalue weighted by Crippen LogP contribution is 2.21. The zero-order valence-electron chi connectivity index (χ0n) is 17.9. The van der Waals surface area contributed by atoms with Crippen molar-refractivity contribution in [1.82, 2.24) is 10.6 Å². The van der Waals surface area contributed by atoms with Gasteiger partial charge in [0.05, 0.1) is 14.2 Å². The number of aliphatic imine (C=N–C) groups is 1. The van der Waals surface area contributed by atoms with Crippen molar-refractivity contribution in [2.45, 2.75) is 39.7 Å². The first kappa shape index (κ1) is 22.3. The van der Waals surface area contributed by atoms with E-state index in [0.717, 1.165) is 25.3 Å². The van der Waals surface area contributed by atoms with E-state index >= 15 is 0 Å². The second-order valence-corrected chi connectivity index (χ2v) is 6.76. The molecule has 0 saturated carbocycles. The Hall–Kier alpha value is -2.96. The normalized spacial score (nSPS) is 12.4. The van der Waals surface area contributed by atoms with E-state index in [0.29, 0.717) is 35.5 Å². The molecule has 2 N–H and O–H groups in total. The van der Waals surface area contributed by atoms with Gasteiger partial charge in [-0.2, -0.15) is 0 Å². The van der Waals surface area contributed by atoms with Gasteiger partial charge in [-0.15, -0.1) is 0 Å². The number of benzene rings is 1. The van der Waals surface area contributed by atoms with Crippen molar-refractivity contribution in [1.29, 1.82) is 0 Å². The molecule has 0 aliphatic heterocycles. The second kappa shape index (κ2) is 11.1. The Labute approximate surface area is 172 Å². The number of methoxy groups -OCH3 is 2. The summed E-state index contributed by atoms with van der Waals surface area (Å²) >= 11 is 0. The lowest BCUT2D eigenvalue weighted by atomic mass is 9.98. The van der Waals surface area contributed by atoms with Gasteiger partial charge < -0.3 is 24.5 Å². The number of rotatable bonds is 9. The first-order valence-corrected chi connectivity index (χ1v) is 9.82. The Morgan fingerprint density at radius 3 is 2.55 bits per heavy atom. The third-order valence-electron chi connectivity index (χ3n) is 4.67. The summed E-state index contributed by atoms with van der Waals surface area (Å²) in [6, 6.07) is 9.85. The maximum absolute atomic E-state index is 11.7. The number of carbonyl (C=O) groups is 1. The molecular formula is C22H31N3O4. The van der Waals surface area contributed by atoms with E-state index in [-0.39, 0.29) is 0 Å². The van der Waals surface area contributed by atoms with Crippen molar-refractivity contribution in [3.05, 3.63) is 53.0 Å². The van der Waals surface area contributed by atoms with Gasteiger partial charge >= 0.3 is 5.97 Å². The molecule has 1 atom stereocenters. The van der Waals surface area contributed by atoms with Crippen LogP contribution in [-0.2, 0) is 11.3 Å². The molecule has 2 rings (SSSR count). The molecule has 0 spiro atoms. The fraction of sp³-hybridized carbons (Fsp3) is 0.455. The van der Waals surface area contributed by atoms with Crippen molar-refractivity contribution in [2.75, 3.05) is 27.3 Å². The summed E-state index contributed by atoms with van der Waals surface area (Å²) in [5.41, 5.74) is 1.71. The lowest BCUT2D eigenvalue weighted by Gasteiger charge is -2.15. The molecule has 1 aromatic heterocycles. The molecule has 0 bridgehead atoms. The summed E-state index contributed by atoms with van der Waals surface area (Å²) in [7, 11) is 3.02. The number of furan rings is 1. The van der Waals surface area contributed by atoms with Gasteiger partial charge in [0.1, 0.15) is 29.4 Å². The van der Waals surface area contributed by atoms with E-state index in [1.54, 1.807) is 20.1 Å². The molecule has 2 aromatic rings. The van der Waals surface area contributed by atoms with Gasteiger partial charge in [-0.1, -0.05) is 19.1 Å². The van der Waals surface area contributed by atoms with E-state index in [1.807, 2.05) is 19.1 Å². The number of aryl methyl sites for hydroxylation is 1. The molecular weight excluding hydrogens is 370 g/mol. The lowest BCUT2D eigenvalue weighted by molar-refractivity contribution is 0.0599. The maximum Gasteiger partial charge on any atom is 0.341 e. The molecule has 7 heteroatoms. The zero-order valence-corrected chi connectivity index (χ0v) is 17.9. The molecule has 1 heterocycles. The lowest BCUT2D eigenvalue weighted by Crippen LogP contribution is -2.38.